The number of nitrogens with zero attached hydrogens (tertiary/aromatic N) is 4. The highest BCUT2D eigenvalue weighted by Crippen LogP contribution is 1.95. The van der Waals surface area contributed by atoms with Crippen LogP contribution in [0.25, 0.3) is 0 Å². The van der Waals surface area contributed by atoms with Gasteiger partial charge in [-0.3, -0.25) is 0 Å². The highest BCUT2D eigenvalue weighted by Gasteiger charge is 2.05. The van der Waals surface area contributed by atoms with Crippen LogP contribution in [0.2, 0.25) is 0 Å². The van der Waals surface area contributed by atoms with Crippen LogP contribution in [0.15, 0.2) is 0 Å². The average Bonchev–Trinajstić information content (AvgIpc) is 2.04. The maximum Gasteiger partial charge on any atom is 0.0635 e. The Labute approximate surface area is 73.6 Å². The van der Waals surface area contributed by atoms with Gasteiger partial charge in [0.15, 0.2) is 0 Å². The first-order chi connectivity index (χ1) is 5.72. The fourth-order valence-corrected chi connectivity index (χ4v) is 0.870. The van der Waals surface area contributed by atoms with Crippen LogP contribution in [0.4, 0.5) is 0 Å². The molecule has 0 bridgehead atoms. The number of nitriles is 2. The van der Waals surface area contributed by atoms with E-state index in [4.69, 9.17) is 10.5 Å². The summed E-state index contributed by atoms with van der Waals surface area (Å²) in [7, 11) is 3.82. The highest BCUT2D eigenvalue weighted by atomic mass is 15.6. The second-order valence-corrected chi connectivity index (χ2v) is 2.62. The van der Waals surface area contributed by atoms with E-state index in [2.05, 4.69) is 12.1 Å². The molecule has 0 aromatic carbocycles. The molecule has 0 saturated carbocycles. The van der Waals surface area contributed by atoms with Gasteiger partial charge in [0.1, 0.15) is 0 Å². The van der Waals surface area contributed by atoms with Gasteiger partial charge >= 0.3 is 0 Å². The first-order valence-corrected chi connectivity index (χ1v) is 3.88. The first kappa shape index (κ1) is 10.9. The number of rotatable bonds is 5. The molecule has 0 N–H and O–H groups in total. The van der Waals surface area contributed by atoms with Crippen molar-refractivity contribution in [3.05, 3.63) is 0 Å². The summed E-state index contributed by atoms with van der Waals surface area (Å²) in [6.07, 6.45) is 1.01. The van der Waals surface area contributed by atoms with Gasteiger partial charge < -0.3 is 0 Å². The Hall–Kier alpha value is -1.10. The molecule has 0 aliphatic rings. The van der Waals surface area contributed by atoms with E-state index in [-0.39, 0.29) is 0 Å². The zero-order valence-corrected chi connectivity index (χ0v) is 7.62. The largest absolute Gasteiger partial charge is 0.248 e. The summed E-state index contributed by atoms with van der Waals surface area (Å²) < 4.78 is 0. The van der Waals surface area contributed by atoms with Crippen LogP contribution < -0.4 is 0 Å². The van der Waals surface area contributed by atoms with Gasteiger partial charge in [0.2, 0.25) is 0 Å². The molecule has 12 heavy (non-hydrogen) atoms. The molecule has 0 heterocycles. The van der Waals surface area contributed by atoms with Gasteiger partial charge in [-0.25, -0.2) is 10.0 Å². The first-order valence-electron chi connectivity index (χ1n) is 3.88. The number of hydrazine groups is 1. The molecular formula is C8H14N4. The van der Waals surface area contributed by atoms with Crippen LogP contribution in [0.3, 0.4) is 0 Å². The third-order valence-corrected chi connectivity index (χ3v) is 1.53. The molecule has 66 valence electrons. The van der Waals surface area contributed by atoms with Gasteiger partial charge in [0, 0.05) is 40.0 Å². The van der Waals surface area contributed by atoms with E-state index in [0.29, 0.717) is 25.9 Å². The van der Waals surface area contributed by atoms with Crippen molar-refractivity contribution in [3.8, 4) is 12.1 Å². The van der Waals surface area contributed by atoms with E-state index in [1.54, 1.807) is 0 Å². The predicted octanol–water partition coefficient (Wildman–Crippen LogP) is 0.592. The predicted molar refractivity (Wildman–Crippen MR) is 45.7 cm³/mol. The second kappa shape index (κ2) is 6.60. The minimum absolute atomic E-state index is 0.504. The smallest absolute Gasteiger partial charge is 0.0635 e. The molecule has 0 aliphatic heterocycles. The van der Waals surface area contributed by atoms with E-state index in [1.807, 2.05) is 24.1 Å². The molecule has 0 fully saturated rings. The van der Waals surface area contributed by atoms with E-state index in [9.17, 15) is 0 Å². The Morgan fingerprint density at radius 3 is 1.67 bits per heavy atom. The summed E-state index contributed by atoms with van der Waals surface area (Å²) in [6.45, 7) is 1.40. The van der Waals surface area contributed by atoms with Gasteiger partial charge in [-0.05, 0) is 0 Å². The Kier molecular flexibility index (Phi) is 6.00. The summed E-state index contributed by atoms with van der Waals surface area (Å²) in [5, 5.41) is 20.6. The molecule has 0 spiro atoms. The van der Waals surface area contributed by atoms with Crippen molar-refractivity contribution in [2.75, 3.05) is 27.2 Å². The van der Waals surface area contributed by atoms with Gasteiger partial charge in [-0.1, -0.05) is 0 Å². The number of hydrogen-bond donors (Lipinski definition) is 0. The molecule has 0 amide bonds. The molecular weight excluding hydrogens is 152 g/mol. The van der Waals surface area contributed by atoms with Crippen molar-refractivity contribution in [1.29, 1.82) is 10.5 Å². The van der Waals surface area contributed by atoms with Crippen LogP contribution in [-0.2, 0) is 0 Å². The molecule has 4 heteroatoms. The summed E-state index contributed by atoms with van der Waals surface area (Å²) in [5.74, 6) is 0. The quantitative estimate of drug-likeness (QED) is 0.561. The van der Waals surface area contributed by atoms with Crippen LogP contribution in [0, 0.1) is 22.7 Å². The van der Waals surface area contributed by atoms with E-state index >= 15 is 0 Å². The van der Waals surface area contributed by atoms with Crippen molar-refractivity contribution < 1.29 is 0 Å². The van der Waals surface area contributed by atoms with Crippen molar-refractivity contribution in [2.45, 2.75) is 12.8 Å². The lowest BCUT2D eigenvalue weighted by Crippen LogP contribution is -2.38. The lowest BCUT2D eigenvalue weighted by atomic mass is 10.4. The molecule has 0 radical (unpaired) electrons. The minimum atomic E-state index is 0.504. The van der Waals surface area contributed by atoms with E-state index in [0.717, 1.165) is 0 Å². The van der Waals surface area contributed by atoms with Crippen molar-refractivity contribution in [2.24, 2.45) is 0 Å². The molecule has 0 rings (SSSR count). The normalized spacial score (nSPS) is 9.83. The topological polar surface area (TPSA) is 54.1 Å². The standard InChI is InChI=1S/C8H14N4/c1-11(2)12(7-3-5-9)8-4-6-10/h3-4,7-8H2,1-2H3. The molecule has 4 nitrogen and oxygen atoms in total. The lowest BCUT2D eigenvalue weighted by molar-refractivity contribution is 0.0298. The molecule has 0 unspecified atom stereocenters. The van der Waals surface area contributed by atoms with Gasteiger partial charge in [-0.15, -0.1) is 0 Å². The maximum absolute atomic E-state index is 8.36. The molecule has 0 atom stereocenters. The summed E-state index contributed by atoms with van der Waals surface area (Å²) in [5.41, 5.74) is 0. The molecule has 0 aromatic rings. The van der Waals surface area contributed by atoms with Gasteiger partial charge in [-0.2, -0.15) is 10.5 Å². The lowest BCUT2D eigenvalue weighted by Gasteiger charge is -2.26. The highest BCUT2D eigenvalue weighted by molar-refractivity contribution is 4.74. The molecule has 0 saturated heterocycles. The Morgan fingerprint density at radius 2 is 1.42 bits per heavy atom. The third kappa shape index (κ3) is 4.68. The molecule has 0 aliphatic carbocycles. The van der Waals surface area contributed by atoms with E-state index in [1.165, 1.54) is 0 Å². The maximum atomic E-state index is 8.36. The number of hydrogen-bond acceptors (Lipinski definition) is 4. The molecule has 0 aromatic heterocycles. The Bertz CT molecular complexity index is 168. The SMILES string of the molecule is CN(C)N(CCC#N)CCC#N. The fourth-order valence-electron chi connectivity index (χ4n) is 0.870. The Morgan fingerprint density at radius 1 is 1.00 bits per heavy atom. The van der Waals surface area contributed by atoms with Gasteiger partial charge in [0.05, 0.1) is 12.1 Å². The van der Waals surface area contributed by atoms with Crippen molar-refractivity contribution in [3.63, 3.8) is 0 Å². The fraction of sp³-hybridized carbons (Fsp3) is 0.750. The summed E-state index contributed by atoms with van der Waals surface area (Å²) in [6, 6.07) is 4.16. The van der Waals surface area contributed by atoms with Gasteiger partial charge in [0.25, 0.3) is 0 Å². The van der Waals surface area contributed by atoms with Crippen LogP contribution in [-0.4, -0.2) is 37.2 Å². The Balaban J connectivity index is 3.73. The van der Waals surface area contributed by atoms with Crippen LogP contribution in [0.5, 0.6) is 0 Å². The zero-order chi connectivity index (χ0) is 9.40. The van der Waals surface area contributed by atoms with Crippen LogP contribution in [0.1, 0.15) is 12.8 Å². The summed E-state index contributed by atoms with van der Waals surface area (Å²) in [4.78, 5) is 0. The van der Waals surface area contributed by atoms with Crippen LogP contribution >= 0.6 is 0 Å². The minimum Gasteiger partial charge on any atom is -0.248 e. The summed E-state index contributed by atoms with van der Waals surface area (Å²) >= 11 is 0. The van der Waals surface area contributed by atoms with E-state index < -0.39 is 0 Å². The third-order valence-electron chi connectivity index (χ3n) is 1.53. The average molecular weight is 166 g/mol. The monoisotopic (exact) mass is 166 g/mol. The van der Waals surface area contributed by atoms with Crippen molar-refractivity contribution >= 4 is 0 Å². The second-order valence-electron chi connectivity index (χ2n) is 2.62. The van der Waals surface area contributed by atoms with Crippen molar-refractivity contribution in [1.82, 2.24) is 10.0 Å². The zero-order valence-electron chi connectivity index (χ0n) is 7.62.